The Morgan fingerprint density at radius 2 is 1.81 bits per heavy atom. The molecule has 0 saturated carbocycles. The van der Waals surface area contributed by atoms with E-state index in [4.69, 9.17) is 5.73 Å². The van der Waals surface area contributed by atoms with E-state index in [1.807, 2.05) is 26.0 Å². The highest BCUT2D eigenvalue weighted by atomic mass is 19.3. The maximum atomic E-state index is 13.3. The van der Waals surface area contributed by atoms with Gasteiger partial charge in [-0.1, -0.05) is 0 Å². The Labute approximate surface area is 121 Å². The number of anilines is 1. The molecule has 0 spiro atoms. The van der Waals surface area contributed by atoms with Crippen molar-refractivity contribution in [1.29, 1.82) is 0 Å². The SMILES string of the molecule is Cc1cc2ncn(-c3ccc(N)cc3C(F)F)c2cc1C. The quantitative estimate of drug-likeness (QED) is 0.719. The standard InChI is InChI=1S/C16H15F2N3/c1-9-5-13-15(6-10(9)2)21(8-20-13)14-4-3-11(19)7-12(14)16(17)18/h3-8,16H,19H2,1-2H3. The Balaban J connectivity index is 2.28. The van der Waals surface area contributed by atoms with Gasteiger partial charge in [0.25, 0.3) is 6.43 Å². The lowest BCUT2D eigenvalue weighted by Gasteiger charge is -2.12. The summed E-state index contributed by atoms with van der Waals surface area (Å²) in [5, 5.41) is 0. The summed E-state index contributed by atoms with van der Waals surface area (Å²) in [5.74, 6) is 0. The van der Waals surface area contributed by atoms with E-state index in [1.54, 1.807) is 23.0 Å². The van der Waals surface area contributed by atoms with Crippen LogP contribution in [0.4, 0.5) is 14.5 Å². The third-order valence-electron chi connectivity index (χ3n) is 3.71. The fourth-order valence-electron chi connectivity index (χ4n) is 2.42. The van der Waals surface area contributed by atoms with E-state index in [-0.39, 0.29) is 5.56 Å². The maximum Gasteiger partial charge on any atom is 0.265 e. The minimum absolute atomic E-state index is 0.0903. The monoisotopic (exact) mass is 287 g/mol. The van der Waals surface area contributed by atoms with Crippen LogP contribution < -0.4 is 5.73 Å². The first kappa shape index (κ1) is 13.5. The molecule has 3 rings (SSSR count). The molecule has 0 bridgehead atoms. The highest BCUT2D eigenvalue weighted by Gasteiger charge is 2.16. The third kappa shape index (κ3) is 2.24. The van der Waals surface area contributed by atoms with Gasteiger partial charge in [0, 0.05) is 11.3 Å². The Morgan fingerprint density at radius 1 is 1.10 bits per heavy atom. The average Bonchev–Trinajstić information content (AvgIpc) is 2.82. The lowest BCUT2D eigenvalue weighted by molar-refractivity contribution is 0.151. The summed E-state index contributed by atoms with van der Waals surface area (Å²) in [6.07, 6.45) is -1.02. The molecule has 3 nitrogen and oxygen atoms in total. The number of benzene rings is 2. The fourth-order valence-corrected chi connectivity index (χ4v) is 2.42. The van der Waals surface area contributed by atoms with Gasteiger partial charge in [-0.15, -0.1) is 0 Å². The van der Waals surface area contributed by atoms with Crippen LogP contribution in [0.25, 0.3) is 16.7 Å². The summed E-state index contributed by atoms with van der Waals surface area (Å²) < 4.78 is 28.2. The number of halogens is 2. The van der Waals surface area contributed by atoms with Crippen LogP contribution in [0.1, 0.15) is 23.1 Å². The van der Waals surface area contributed by atoms with E-state index in [1.165, 1.54) is 6.07 Å². The highest BCUT2D eigenvalue weighted by Crippen LogP contribution is 2.30. The van der Waals surface area contributed by atoms with Gasteiger partial charge in [-0.2, -0.15) is 0 Å². The lowest BCUT2D eigenvalue weighted by atomic mass is 10.1. The molecule has 0 atom stereocenters. The number of nitrogens with zero attached hydrogens (tertiary/aromatic N) is 2. The number of nitrogens with two attached hydrogens (primary N) is 1. The molecule has 0 aliphatic rings. The van der Waals surface area contributed by atoms with Gasteiger partial charge in [0.2, 0.25) is 0 Å². The molecule has 108 valence electrons. The first-order chi connectivity index (χ1) is 9.97. The highest BCUT2D eigenvalue weighted by molar-refractivity contribution is 5.79. The molecular weight excluding hydrogens is 272 g/mol. The zero-order chi connectivity index (χ0) is 15.1. The number of aryl methyl sites for hydroxylation is 2. The number of rotatable bonds is 2. The summed E-state index contributed by atoms with van der Waals surface area (Å²) in [6, 6.07) is 8.46. The predicted molar refractivity (Wildman–Crippen MR) is 79.9 cm³/mol. The third-order valence-corrected chi connectivity index (χ3v) is 3.71. The van der Waals surface area contributed by atoms with E-state index in [9.17, 15) is 8.78 Å². The van der Waals surface area contributed by atoms with E-state index in [2.05, 4.69) is 4.98 Å². The van der Waals surface area contributed by atoms with Crippen molar-refractivity contribution in [2.24, 2.45) is 0 Å². The molecule has 0 amide bonds. The van der Waals surface area contributed by atoms with Crippen molar-refractivity contribution >= 4 is 16.7 Å². The molecule has 0 aliphatic carbocycles. The number of hydrogen-bond donors (Lipinski definition) is 1. The normalized spacial score (nSPS) is 11.5. The van der Waals surface area contributed by atoms with Gasteiger partial charge in [-0.3, -0.25) is 4.57 Å². The van der Waals surface area contributed by atoms with Crippen LogP contribution in [0.15, 0.2) is 36.7 Å². The fraction of sp³-hybridized carbons (Fsp3) is 0.188. The topological polar surface area (TPSA) is 43.8 Å². The second kappa shape index (κ2) is 4.84. The Kier molecular flexibility index (Phi) is 3.12. The minimum atomic E-state index is -2.59. The molecule has 1 aromatic heterocycles. The molecule has 2 aromatic carbocycles. The van der Waals surface area contributed by atoms with Gasteiger partial charge in [-0.05, 0) is 55.3 Å². The van der Waals surface area contributed by atoms with Gasteiger partial charge in [-0.25, -0.2) is 13.8 Å². The van der Waals surface area contributed by atoms with E-state index in [0.717, 1.165) is 22.2 Å². The van der Waals surface area contributed by atoms with Crippen molar-refractivity contribution in [2.75, 3.05) is 5.73 Å². The van der Waals surface area contributed by atoms with Crippen molar-refractivity contribution in [3.63, 3.8) is 0 Å². The Hall–Kier alpha value is -2.43. The average molecular weight is 287 g/mol. The maximum absolute atomic E-state index is 13.3. The summed E-state index contributed by atoms with van der Waals surface area (Å²) in [5.41, 5.74) is 10.1. The van der Waals surface area contributed by atoms with Gasteiger partial charge in [0.15, 0.2) is 0 Å². The first-order valence-corrected chi connectivity index (χ1v) is 6.59. The second-order valence-electron chi connectivity index (χ2n) is 5.16. The number of alkyl halides is 2. The van der Waals surface area contributed by atoms with Crippen molar-refractivity contribution < 1.29 is 8.78 Å². The van der Waals surface area contributed by atoms with Gasteiger partial charge < -0.3 is 5.73 Å². The number of fused-ring (bicyclic) bond motifs is 1. The molecule has 0 unspecified atom stereocenters. The molecule has 1 heterocycles. The smallest absolute Gasteiger partial charge is 0.265 e. The molecule has 2 N–H and O–H groups in total. The Morgan fingerprint density at radius 3 is 2.52 bits per heavy atom. The zero-order valence-electron chi connectivity index (χ0n) is 11.8. The molecule has 21 heavy (non-hydrogen) atoms. The number of nitrogen functional groups attached to an aromatic ring is 1. The summed E-state index contributed by atoms with van der Waals surface area (Å²) >= 11 is 0. The van der Waals surface area contributed by atoms with Crippen LogP contribution in [0.2, 0.25) is 0 Å². The van der Waals surface area contributed by atoms with E-state index >= 15 is 0 Å². The van der Waals surface area contributed by atoms with Crippen LogP contribution in [0, 0.1) is 13.8 Å². The van der Waals surface area contributed by atoms with E-state index < -0.39 is 6.43 Å². The molecule has 0 aliphatic heterocycles. The minimum Gasteiger partial charge on any atom is -0.399 e. The molecule has 0 saturated heterocycles. The van der Waals surface area contributed by atoms with Crippen LogP contribution in [-0.4, -0.2) is 9.55 Å². The molecular formula is C16H15F2N3. The largest absolute Gasteiger partial charge is 0.399 e. The number of imidazole rings is 1. The predicted octanol–water partition coefficient (Wildman–Crippen LogP) is 4.16. The summed E-state index contributed by atoms with van der Waals surface area (Å²) in [6.45, 7) is 3.99. The first-order valence-electron chi connectivity index (χ1n) is 6.59. The molecule has 0 radical (unpaired) electrons. The van der Waals surface area contributed by atoms with Crippen molar-refractivity contribution in [3.05, 3.63) is 53.3 Å². The summed E-state index contributed by atoms with van der Waals surface area (Å²) in [4.78, 5) is 4.31. The second-order valence-corrected chi connectivity index (χ2v) is 5.16. The number of aromatic nitrogens is 2. The van der Waals surface area contributed by atoms with Gasteiger partial charge >= 0.3 is 0 Å². The van der Waals surface area contributed by atoms with Crippen molar-refractivity contribution in [3.8, 4) is 5.69 Å². The van der Waals surface area contributed by atoms with Crippen LogP contribution >= 0.6 is 0 Å². The summed E-state index contributed by atoms with van der Waals surface area (Å²) in [7, 11) is 0. The molecule has 0 fully saturated rings. The van der Waals surface area contributed by atoms with Gasteiger partial charge in [0.1, 0.15) is 6.33 Å². The van der Waals surface area contributed by atoms with Crippen molar-refractivity contribution in [1.82, 2.24) is 9.55 Å². The molecule has 3 aromatic rings. The van der Waals surface area contributed by atoms with Crippen LogP contribution in [0.5, 0.6) is 0 Å². The Bertz CT molecular complexity index is 822. The van der Waals surface area contributed by atoms with Crippen LogP contribution in [0.3, 0.4) is 0 Å². The van der Waals surface area contributed by atoms with Gasteiger partial charge in [0.05, 0.1) is 16.7 Å². The molecule has 5 heteroatoms. The zero-order valence-corrected chi connectivity index (χ0v) is 11.8. The number of hydrogen-bond acceptors (Lipinski definition) is 2. The lowest BCUT2D eigenvalue weighted by Crippen LogP contribution is -2.01. The van der Waals surface area contributed by atoms with Crippen LogP contribution in [-0.2, 0) is 0 Å². The van der Waals surface area contributed by atoms with E-state index in [0.29, 0.717) is 11.4 Å². The van der Waals surface area contributed by atoms with Crippen molar-refractivity contribution in [2.45, 2.75) is 20.3 Å².